The second-order valence-electron chi connectivity index (χ2n) is 8.95. The third-order valence-corrected chi connectivity index (χ3v) is 6.05. The maximum Gasteiger partial charge on any atom is 0.339 e. The minimum atomic E-state index is -0.797. The summed E-state index contributed by atoms with van der Waals surface area (Å²) >= 11 is 0. The number of carbonyl (C=O) groups is 3. The second-order valence-corrected chi connectivity index (χ2v) is 8.95. The lowest BCUT2D eigenvalue weighted by Gasteiger charge is -2.36. The average Bonchev–Trinajstić information content (AvgIpc) is 2.79. The zero-order valence-electron chi connectivity index (χ0n) is 19.2. The first-order valence-corrected chi connectivity index (χ1v) is 11.3. The van der Waals surface area contributed by atoms with Gasteiger partial charge in [-0.1, -0.05) is 39.3 Å². The number of esters is 2. The Kier molecular flexibility index (Phi) is 8.20. The molecule has 0 bridgehead atoms. The van der Waals surface area contributed by atoms with E-state index in [-0.39, 0.29) is 23.1 Å². The Morgan fingerprint density at radius 1 is 1.00 bits per heavy atom. The molecule has 0 saturated heterocycles. The lowest BCUT2D eigenvalue weighted by atomic mass is 9.75. The summed E-state index contributed by atoms with van der Waals surface area (Å²) in [6.07, 6.45) is 2.71. The van der Waals surface area contributed by atoms with Gasteiger partial charge in [-0.25, -0.2) is 14.0 Å². The summed E-state index contributed by atoms with van der Waals surface area (Å²) in [6.45, 7) is 5.86. The summed E-state index contributed by atoms with van der Waals surface area (Å²) in [5, 5.41) is 2.51. The van der Waals surface area contributed by atoms with Crippen LogP contribution in [-0.2, 0) is 14.3 Å². The fourth-order valence-electron chi connectivity index (χ4n) is 4.23. The second kappa shape index (κ2) is 11.1. The highest BCUT2D eigenvalue weighted by Gasteiger charge is 2.34. The van der Waals surface area contributed by atoms with Gasteiger partial charge in [0.1, 0.15) is 11.9 Å². The van der Waals surface area contributed by atoms with Gasteiger partial charge in [-0.2, -0.15) is 0 Å². The van der Waals surface area contributed by atoms with E-state index in [4.69, 9.17) is 9.47 Å². The molecule has 0 radical (unpaired) electrons. The van der Waals surface area contributed by atoms with Crippen LogP contribution in [0.5, 0.6) is 0 Å². The lowest BCUT2D eigenvalue weighted by Crippen LogP contribution is -2.36. The number of halogens is 1. The molecule has 0 aliphatic heterocycles. The number of amides is 1. The van der Waals surface area contributed by atoms with Gasteiger partial charge in [-0.05, 0) is 67.0 Å². The molecule has 7 heteroatoms. The van der Waals surface area contributed by atoms with Crippen molar-refractivity contribution in [2.24, 2.45) is 17.8 Å². The maximum absolute atomic E-state index is 13.0. The van der Waals surface area contributed by atoms with E-state index in [1.165, 1.54) is 36.4 Å². The van der Waals surface area contributed by atoms with Crippen LogP contribution < -0.4 is 5.32 Å². The molecule has 3 rings (SSSR count). The fourth-order valence-corrected chi connectivity index (χ4v) is 4.23. The molecule has 0 aromatic heterocycles. The van der Waals surface area contributed by atoms with Crippen molar-refractivity contribution in [3.63, 3.8) is 0 Å². The van der Waals surface area contributed by atoms with Crippen LogP contribution in [0.15, 0.2) is 48.5 Å². The maximum atomic E-state index is 13.0. The molecule has 1 aliphatic rings. The molecule has 3 atom stereocenters. The van der Waals surface area contributed by atoms with Crippen molar-refractivity contribution in [3.8, 4) is 0 Å². The van der Waals surface area contributed by atoms with Crippen molar-refractivity contribution < 1.29 is 28.2 Å². The van der Waals surface area contributed by atoms with Gasteiger partial charge in [0.05, 0.1) is 11.1 Å². The van der Waals surface area contributed by atoms with Gasteiger partial charge in [-0.15, -0.1) is 0 Å². The Labute approximate surface area is 193 Å². The summed E-state index contributed by atoms with van der Waals surface area (Å²) < 4.78 is 24.0. The quantitative estimate of drug-likeness (QED) is 0.578. The Hall–Kier alpha value is -3.22. The van der Waals surface area contributed by atoms with Crippen molar-refractivity contribution in [2.45, 2.75) is 46.1 Å². The number of hydrogen-bond donors (Lipinski definition) is 1. The molecule has 2 aromatic carbocycles. The molecular weight excluding hydrogens is 425 g/mol. The van der Waals surface area contributed by atoms with Crippen molar-refractivity contribution in [2.75, 3.05) is 11.9 Å². The molecule has 1 aliphatic carbocycles. The van der Waals surface area contributed by atoms with Gasteiger partial charge < -0.3 is 14.8 Å². The molecule has 1 saturated carbocycles. The van der Waals surface area contributed by atoms with E-state index in [0.29, 0.717) is 17.5 Å². The van der Waals surface area contributed by atoms with E-state index in [1.54, 1.807) is 12.1 Å². The summed E-state index contributed by atoms with van der Waals surface area (Å²) in [7, 11) is 0. The highest BCUT2D eigenvalue weighted by molar-refractivity contribution is 6.04. The molecule has 1 amide bonds. The highest BCUT2D eigenvalue weighted by atomic mass is 19.1. The molecule has 6 nitrogen and oxygen atoms in total. The van der Waals surface area contributed by atoms with Crippen LogP contribution in [0.25, 0.3) is 0 Å². The molecule has 0 spiro atoms. The van der Waals surface area contributed by atoms with Crippen LogP contribution >= 0.6 is 0 Å². The summed E-state index contributed by atoms with van der Waals surface area (Å²) in [4.78, 5) is 37.7. The topological polar surface area (TPSA) is 81.7 Å². The van der Waals surface area contributed by atoms with E-state index in [1.807, 2.05) is 0 Å². The molecule has 2 aromatic rings. The van der Waals surface area contributed by atoms with Crippen LogP contribution in [0.4, 0.5) is 10.1 Å². The summed E-state index contributed by atoms with van der Waals surface area (Å²) in [5.74, 6) is -1.24. The molecule has 33 heavy (non-hydrogen) atoms. The van der Waals surface area contributed by atoms with Gasteiger partial charge in [0, 0.05) is 5.69 Å². The Morgan fingerprint density at radius 3 is 2.27 bits per heavy atom. The number of benzene rings is 2. The smallest absolute Gasteiger partial charge is 0.339 e. The Bertz CT molecular complexity index is 988. The Balaban J connectivity index is 1.63. The van der Waals surface area contributed by atoms with Crippen molar-refractivity contribution in [3.05, 3.63) is 65.5 Å². The number of carbonyl (C=O) groups excluding carboxylic acids is 3. The third kappa shape index (κ3) is 6.63. The van der Waals surface area contributed by atoms with Gasteiger partial charge in [0.25, 0.3) is 5.91 Å². The largest absolute Gasteiger partial charge is 0.458 e. The number of hydrogen-bond acceptors (Lipinski definition) is 5. The van der Waals surface area contributed by atoms with Gasteiger partial charge in [-0.3, -0.25) is 4.79 Å². The van der Waals surface area contributed by atoms with E-state index >= 15 is 0 Å². The van der Waals surface area contributed by atoms with E-state index in [2.05, 4.69) is 26.1 Å². The first-order chi connectivity index (χ1) is 15.7. The molecule has 1 N–H and O–H groups in total. The summed E-state index contributed by atoms with van der Waals surface area (Å²) in [5.41, 5.74) is 0.534. The molecule has 176 valence electrons. The van der Waals surface area contributed by atoms with E-state index in [0.717, 1.165) is 19.3 Å². The van der Waals surface area contributed by atoms with Gasteiger partial charge >= 0.3 is 11.9 Å². The van der Waals surface area contributed by atoms with Crippen LogP contribution in [0.1, 0.15) is 60.7 Å². The van der Waals surface area contributed by atoms with Crippen LogP contribution in [0.3, 0.4) is 0 Å². The zero-order chi connectivity index (χ0) is 24.0. The number of rotatable bonds is 7. The number of ether oxygens (including phenoxy) is 2. The van der Waals surface area contributed by atoms with E-state index in [9.17, 15) is 18.8 Å². The fraction of sp³-hybridized carbons (Fsp3) is 0.423. The average molecular weight is 456 g/mol. The molecule has 1 fully saturated rings. The molecule has 0 heterocycles. The van der Waals surface area contributed by atoms with Crippen molar-refractivity contribution in [1.29, 1.82) is 0 Å². The van der Waals surface area contributed by atoms with Crippen molar-refractivity contribution >= 4 is 23.5 Å². The first kappa shape index (κ1) is 24.4. The predicted octanol–water partition coefficient (Wildman–Crippen LogP) is 5.24. The third-order valence-electron chi connectivity index (χ3n) is 6.05. The number of nitrogens with one attached hydrogen (secondary N) is 1. The highest BCUT2D eigenvalue weighted by Crippen LogP contribution is 2.35. The first-order valence-electron chi connectivity index (χ1n) is 11.3. The van der Waals surface area contributed by atoms with E-state index < -0.39 is 30.3 Å². The number of anilines is 1. The minimum Gasteiger partial charge on any atom is -0.458 e. The van der Waals surface area contributed by atoms with Crippen LogP contribution in [0, 0.1) is 23.6 Å². The lowest BCUT2D eigenvalue weighted by molar-refractivity contribution is -0.119. The normalized spacial score (nSPS) is 20.2. The standard InChI is InChI=1S/C26H30FNO5/c1-16(2)20-13-8-17(3)14-23(20)33-26(31)22-7-5-4-6-21(22)25(30)32-15-24(29)28-19-11-9-18(27)10-12-19/h4-7,9-12,16-17,20,23H,8,13-15H2,1-3H3,(H,28,29)/t17-,20-,23-/m1/s1. The molecule has 0 unspecified atom stereocenters. The van der Waals surface area contributed by atoms with Gasteiger partial charge in [0.2, 0.25) is 0 Å². The molecular formula is C26H30FNO5. The predicted molar refractivity (Wildman–Crippen MR) is 122 cm³/mol. The SMILES string of the molecule is CC(C)[C@H]1CC[C@@H](C)C[C@H]1OC(=O)c1ccccc1C(=O)OCC(=O)Nc1ccc(F)cc1. The minimum absolute atomic E-state index is 0.0436. The van der Waals surface area contributed by atoms with Crippen LogP contribution in [-0.4, -0.2) is 30.6 Å². The van der Waals surface area contributed by atoms with Gasteiger partial charge in [0.15, 0.2) is 6.61 Å². The Morgan fingerprint density at radius 2 is 1.64 bits per heavy atom. The van der Waals surface area contributed by atoms with Crippen LogP contribution in [0.2, 0.25) is 0 Å². The summed E-state index contributed by atoms with van der Waals surface area (Å²) in [6, 6.07) is 11.5. The monoisotopic (exact) mass is 455 g/mol. The van der Waals surface area contributed by atoms with Crippen molar-refractivity contribution in [1.82, 2.24) is 0 Å². The zero-order valence-corrected chi connectivity index (χ0v) is 19.2.